The van der Waals surface area contributed by atoms with Crippen LogP contribution in [-0.4, -0.2) is 51.1 Å². The molecule has 2 N–H and O–H groups in total. The molecule has 0 bridgehead atoms. The largest absolute Gasteiger partial charge is 0.356 e. The monoisotopic (exact) mass is 170 g/mol. The minimum Gasteiger partial charge on any atom is -0.356 e. The Kier molecular flexibility index (Phi) is 3.87. The lowest BCUT2D eigenvalue weighted by Crippen LogP contribution is -2.35. The Bertz CT molecular complexity index is 153. The summed E-state index contributed by atoms with van der Waals surface area (Å²) < 4.78 is 0. The first-order valence-corrected chi connectivity index (χ1v) is 4.46. The molecule has 0 aromatic heterocycles. The molecule has 0 radical (unpaired) electrons. The van der Waals surface area contributed by atoms with Crippen molar-refractivity contribution in [2.75, 3.05) is 40.3 Å². The highest BCUT2D eigenvalue weighted by Gasteiger charge is 2.02. The third-order valence-electron chi connectivity index (χ3n) is 1.75. The van der Waals surface area contributed by atoms with Crippen molar-refractivity contribution in [3.63, 3.8) is 0 Å². The Hall–Kier alpha value is -0.770. The number of aliphatic imine (C=N–C) groups is 1. The van der Waals surface area contributed by atoms with Gasteiger partial charge in [-0.15, -0.1) is 0 Å². The zero-order valence-corrected chi connectivity index (χ0v) is 7.93. The Morgan fingerprint density at radius 1 is 1.58 bits per heavy atom. The van der Waals surface area contributed by atoms with Gasteiger partial charge in [0.25, 0.3) is 0 Å². The van der Waals surface area contributed by atoms with E-state index in [1.165, 1.54) is 0 Å². The lowest BCUT2D eigenvalue weighted by Gasteiger charge is -2.10. The van der Waals surface area contributed by atoms with Crippen molar-refractivity contribution in [2.45, 2.75) is 6.42 Å². The zero-order chi connectivity index (χ0) is 8.81. The van der Waals surface area contributed by atoms with Crippen molar-refractivity contribution < 1.29 is 0 Å². The molecule has 0 fully saturated rings. The van der Waals surface area contributed by atoms with E-state index in [0.717, 1.165) is 38.6 Å². The molecule has 12 heavy (non-hydrogen) atoms. The summed E-state index contributed by atoms with van der Waals surface area (Å²) in [5.41, 5.74) is 0. The topological polar surface area (TPSA) is 39.7 Å². The maximum Gasteiger partial charge on any atom is 0.191 e. The van der Waals surface area contributed by atoms with Gasteiger partial charge in [0.05, 0.1) is 6.54 Å². The van der Waals surface area contributed by atoms with Gasteiger partial charge < -0.3 is 15.5 Å². The molecule has 0 aromatic rings. The number of hydrogen-bond acceptors (Lipinski definition) is 4. The van der Waals surface area contributed by atoms with Crippen molar-refractivity contribution in [1.29, 1.82) is 0 Å². The molecule has 0 saturated heterocycles. The molecule has 70 valence electrons. The fourth-order valence-corrected chi connectivity index (χ4v) is 1.12. The van der Waals surface area contributed by atoms with Crippen LogP contribution in [0.4, 0.5) is 0 Å². The summed E-state index contributed by atoms with van der Waals surface area (Å²) in [6, 6.07) is 0. The zero-order valence-electron chi connectivity index (χ0n) is 7.93. The molecule has 1 aliphatic heterocycles. The molecule has 0 amide bonds. The molecular weight excluding hydrogens is 152 g/mol. The summed E-state index contributed by atoms with van der Waals surface area (Å²) in [5.74, 6) is 0.966. The predicted octanol–water partition coefficient (Wildman–Crippen LogP) is -0.513. The lowest BCUT2D eigenvalue weighted by molar-refractivity contribution is 0.400. The van der Waals surface area contributed by atoms with E-state index < -0.39 is 0 Å². The molecule has 0 atom stereocenters. The van der Waals surface area contributed by atoms with Crippen molar-refractivity contribution in [2.24, 2.45) is 4.99 Å². The van der Waals surface area contributed by atoms with Crippen molar-refractivity contribution >= 4 is 5.96 Å². The van der Waals surface area contributed by atoms with Crippen LogP contribution in [0, 0.1) is 0 Å². The van der Waals surface area contributed by atoms with Gasteiger partial charge in [-0.2, -0.15) is 0 Å². The van der Waals surface area contributed by atoms with E-state index in [1.54, 1.807) is 0 Å². The lowest BCUT2D eigenvalue weighted by atomic mass is 10.4. The molecular formula is C8H18N4. The van der Waals surface area contributed by atoms with Gasteiger partial charge in [0.2, 0.25) is 0 Å². The van der Waals surface area contributed by atoms with Crippen LogP contribution in [0.2, 0.25) is 0 Å². The maximum absolute atomic E-state index is 4.23. The van der Waals surface area contributed by atoms with E-state index in [1.807, 2.05) is 0 Å². The Labute approximate surface area is 74.0 Å². The highest BCUT2D eigenvalue weighted by atomic mass is 15.2. The van der Waals surface area contributed by atoms with Crippen LogP contribution in [-0.2, 0) is 0 Å². The van der Waals surface area contributed by atoms with Crippen molar-refractivity contribution in [3.05, 3.63) is 0 Å². The molecule has 4 nitrogen and oxygen atoms in total. The van der Waals surface area contributed by atoms with Crippen LogP contribution in [0.15, 0.2) is 4.99 Å². The molecule has 0 unspecified atom stereocenters. The third-order valence-corrected chi connectivity index (χ3v) is 1.75. The first-order valence-electron chi connectivity index (χ1n) is 4.46. The van der Waals surface area contributed by atoms with Crippen LogP contribution >= 0.6 is 0 Å². The second-order valence-electron chi connectivity index (χ2n) is 3.24. The minimum atomic E-state index is 0.913. The van der Waals surface area contributed by atoms with Gasteiger partial charge in [0.1, 0.15) is 0 Å². The summed E-state index contributed by atoms with van der Waals surface area (Å²) >= 11 is 0. The fraction of sp³-hybridized carbons (Fsp3) is 0.875. The Morgan fingerprint density at radius 2 is 2.42 bits per heavy atom. The number of guanidine groups is 1. The summed E-state index contributed by atoms with van der Waals surface area (Å²) in [5, 5.41) is 6.42. The van der Waals surface area contributed by atoms with Crippen LogP contribution < -0.4 is 10.6 Å². The molecule has 0 aromatic carbocycles. The van der Waals surface area contributed by atoms with Gasteiger partial charge in [-0.05, 0) is 27.1 Å². The number of nitrogens with zero attached hydrogens (tertiary/aromatic N) is 2. The van der Waals surface area contributed by atoms with Crippen LogP contribution in [0.5, 0.6) is 0 Å². The smallest absolute Gasteiger partial charge is 0.191 e. The van der Waals surface area contributed by atoms with Gasteiger partial charge >= 0.3 is 0 Å². The summed E-state index contributed by atoms with van der Waals surface area (Å²) in [7, 11) is 4.18. The van der Waals surface area contributed by atoms with E-state index in [2.05, 4.69) is 34.6 Å². The first-order chi connectivity index (χ1) is 5.79. The van der Waals surface area contributed by atoms with E-state index in [4.69, 9.17) is 0 Å². The van der Waals surface area contributed by atoms with Crippen molar-refractivity contribution in [1.82, 2.24) is 15.5 Å². The summed E-state index contributed by atoms with van der Waals surface area (Å²) in [6.45, 7) is 4.02. The molecule has 1 aliphatic rings. The second-order valence-corrected chi connectivity index (χ2v) is 3.24. The molecule has 0 spiro atoms. The minimum absolute atomic E-state index is 0.913. The second kappa shape index (κ2) is 4.98. The first kappa shape index (κ1) is 9.32. The van der Waals surface area contributed by atoms with Crippen LogP contribution in [0.3, 0.4) is 0 Å². The van der Waals surface area contributed by atoms with Gasteiger partial charge in [0.15, 0.2) is 5.96 Å². The Morgan fingerprint density at radius 3 is 3.00 bits per heavy atom. The normalized spacial score (nSPS) is 16.1. The van der Waals surface area contributed by atoms with Crippen LogP contribution in [0.25, 0.3) is 0 Å². The van der Waals surface area contributed by atoms with Gasteiger partial charge in [0, 0.05) is 13.1 Å². The van der Waals surface area contributed by atoms with E-state index in [-0.39, 0.29) is 0 Å². The van der Waals surface area contributed by atoms with Crippen molar-refractivity contribution in [3.8, 4) is 0 Å². The predicted molar refractivity (Wildman–Crippen MR) is 51.5 cm³/mol. The quantitative estimate of drug-likeness (QED) is 0.558. The average Bonchev–Trinajstić information content (AvgIpc) is 2.49. The standard InChI is InChI=1S/C8H18N4/c1-12(2)7-3-4-9-8-10-5-6-11-8/h3-7H2,1-2H3,(H2,9,10,11). The van der Waals surface area contributed by atoms with Gasteiger partial charge in [-0.1, -0.05) is 0 Å². The third kappa shape index (κ3) is 3.57. The maximum atomic E-state index is 4.23. The van der Waals surface area contributed by atoms with E-state index in [0.29, 0.717) is 0 Å². The van der Waals surface area contributed by atoms with Crippen LogP contribution in [0.1, 0.15) is 6.42 Å². The molecule has 1 rings (SSSR count). The summed E-state index contributed by atoms with van der Waals surface area (Å²) in [6.07, 6.45) is 1.16. The molecule has 4 heteroatoms. The summed E-state index contributed by atoms with van der Waals surface area (Å²) in [4.78, 5) is 6.42. The van der Waals surface area contributed by atoms with E-state index >= 15 is 0 Å². The fourth-order valence-electron chi connectivity index (χ4n) is 1.12. The number of rotatable bonds is 4. The molecule has 1 heterocycles. The van der Waals surface area contributed by atoms with Gasteiger partial charge in [-0.25, -0.2) is 0 Å². The highest BCUT2D eigenvalue weighted by molar-refractivity contribution is 5.81. The average molecular weight is 170 g/mol. The number of hydrogen-bond donors (Lipinski definition) is 2. The molecule has 0 saturated carbocycles. The highest BCUT2D eigenvalue weighted by Crippen LogP contribution is 1.84. The Balaban J connectivity index is 1.95. The molecule has 0 aliphatic carbocycles. The van der Waals surface area contributed by atoms with E-state index in [9.17, 15) is 0 Å². The number of nitrogens with one attached hydrogen (secondary N) is 2. The SMILES string of the molecule is CN(C)CCCNC1=NCCN1. The van der Waals surface area contributed by atoms with Gasteiger partial charge in [-0.3, -0.25) is 4.99 Å².